The molecule has 4 heteroatoms. The van der Waals surface area contributed by atoms with Crippen molar-refractivity contribution in [3.63, 3.8) is 0 Å². The summed E-state index contributed by atoms with van der Waals surface area (Å²) in [6.07, 6.45) is 0. The lowest BCUT2D eigenvalue weighted by atomic mass is 10.2. The third-order valence-corrected chi connectivity index (χ3v) is 1.51. The van der Waals surface area contributed by atoms with Gasteiger partial charge in [0.1, 0.15) is 0 Å². The van der Waals surface area contributed by atoms with E-state index in [1.54, 1.807) is 6.92 Å². The molecule has 0 radical (unpaired) electrons. The molecule has 0 heterocycles. The zero-order valence-electron chi connectivity index (χ0n) is 8.79. The summed E-state index contributed by atoms with van der Waals surface area (Å²) in [6, 6.07) is 0. The number of carbonyl (C=O) groups is 1. The Morgan fingerprint density at radius 3 is 2.46 bits per heavy atom. The summed E-state index contributed by atoms with van der Waals surface area (Å²) >= 11 is 0. The first kappa shape index (κ1) is 12.4. The molecule has 0 aliphatic heterocycles. The van der Waals surface area contributed by atoms with Gasteiger partial charge in [0, 0.05) is 6.54 Å². The van der Waals surface area contributed by atoms with Crippen molar-refractivity contribution < 1.29 is 14.4 Å². The van der Waals surface area contributed by atoms with Crippen molar-refractivity contribution in [2.45, 2.75) is 20.8 Å². The summed E-state index contributed by atoms with van der Waals surface area (Å²) in [4.78, 5) is 16.0. The highest BCUT2D eigenvalue weighted by molar-refractivity contribution is 5.71. The van der Waals surface area contributed by atoms with Crippen molar-refractivity contribution in [1.29, 1.82) is 0 Å². The molecule has 1 unspecified atom stereocenters. The van der Waals surface area contributed by atoms with Gasteiger partial charge in [-0.15, -0.1) is 0 Å². The minimum absolute atomic E-state index is 0.169. The maximum absolute atomic E-state index is 10.9. The van der Waals surface area contributed by atoms with E-state index in [4.69, 9.17) is 4.84 Å². The molecule has 0 aliphatic carbocycles. The largest absolute Gasteiger partial charge is 0.469 e. The maximum Gasteiger partial charge on any atom is 0.309 e. The van der Waals surface area contributed by atoms with Crippen molar-refractivity contribution >= 4 is 5.97 Å². The Bertz CT molecular complexity index is 148. The normalized spacial score (nSPS) is 13.0. The van der Waals surface area contributed by atoms with Crippen LogP contribution in [-0.4, -0.2) is 26.2 Å². The van der Waals surface area contributed by atoms with Crippen LogP contribution in [0.15, 0.2) is 0 Å². The summed E-state index contributed by atoms with van der Waals surface area (Å²) in [5.41, 5.74) is 2.73. The molecule has 0 saturated carbocycles. The van der Waals surface area contributed by atoms with E-state index in [1.165, 1.54) is 7.11 Å². The summed E-state index contributed by atoms with van der Waals surface area (Å²) in [6.45, 7) is 7.04. The Balaban J connectivity index is 3.37. The topological polar surface area (TPSA) is 47.6 Å². The van der Waals surface area contributed by atoms with Gasteiger partial charge in [0.05, 0.1) is 19.6 Å². The average Bonchev–Trinajstić information content (AvgIpc) is 2.10. The number of carbonyl (C=O) groups excluding carboxylic acids is 1. The zero-order valence-corrected chi connectivity index (χ0v) is 8.79. The fraction of sp³-hybridized carbons (Fsp3) is 0.889. The first-order valence-electron chi connectivity index (χ1n) is 4.50. The standard InChI is InChI=1S/C9H19NO3/c1-7(2)6-13-10-5-8(3)9(11)12-4/h7-8,10H,5-6H2,1-4H3. The summed E-state index contributed by atoms with van der Waals surface area (Å²) in [7, 11) is 1.38. The average molecular weight is 189 g/mol. The van der Waals surface area contributed by atoms with E-state index in [9.17, 15) is 4.79 Å². The fourth-order valence-corrected chi connectivity index (χ4v) is 0.694. The molecule has 0 bridgehead atoms. The van der Waals surface area contributed by atoms with Crippen LogP contribution < -0.4 is 5.48 Å². The lowest BCUT2D eigenvalue weighted by Crippen LogP contribution is -2.28. The minimum atomic E-state index is -0.222. The van der Waals surface area contributed by atoms with Gasteiger partial charge in [-0.05, 0) is 5.92 Å². The summed E-state index contributed by atoms with van der Waals surface area (Å²) in [5.74, 6) is 0.0961. The second kappa shape index (κ2) is 6.86. The third kappa shape index (κ3) is 6.54. The van der Waals surface area contributed by atoms with Crippen LogP contribution in [0.2, 0.25) is 0 Å². The van der Waals surface area contributed by atoms with Crippen LogP contribution in [0.3, 0.4) is 0 Å². The maximum atomic E-state index is 10.9. The molecule has 4 nitrogen and oxygen atoms in total. The van der Waals surface area contributed by atoms with E-state index in [0.29, 0.717) is 19.1 Å². The Morgan fingerprint density at radius 2 is 2.00 bits per heavy atom. The van der Waals surface area contributed by atoms with Gasteiger partial charge in [0.15, 0.2) is 0 Å². The molecular weight excluding hydrogens is 170 g/mol. The van der Waals surface area contributed by atoms with Gasteiger partial charge in [-0.3, -0.25) is 4.79 Å². The van der Waals surface area contributed by atoms with E-state index in [1.807, 2.05) is 0 Å². The summed E-state index contributed by atoms with van der Waals surface area (Å²) < 4.78 is 4.56. The smallest absolute Gasteiger partial charge is 0.309 e. The Morgan fingerprint density at radius 1 is 1.38 bits per heavy atom. The molecule has 0 spiro atoms. The van der Waals surface area contributed by atoms with Crippen LogP contribution in [0.1, 0.15) is 20.8 Å². The second-order valence-electron chi connectivity index (χ2n) is 3.48. The lowest BCUT2D eigenvalue weighted by Gasteiger charge is -2.11. The third-order valence-electron chi connectivity index (χ3n) is 1.51. The molecule has 1 atom stereocenters. The monoisotopic (exact) mass is 189 g/mol. The van der Waals surface area contributed by atoms with Crippen LogP contribution in [-0.2, 0) is 14.4 Å². The number of hydrogen-bond acceptors (Lipinski definition) is 4. The number of hydrogen-bond donors (Lipinski definition) is 1. The molecule has 0 aromatic rings. The molecule has 78 valence electrons. The Hall–Kier alpha value is -0.610. The first-order chi connectivity index (χ1) is 6.07. The molecular formula is C9H19NO3. The quantitative estimate of drug-likeness (QED) is 0.384. The number of ether oxygens (including phenoxy) is 1. The van der Waals surface area contributed by atoms with Gasteiger partial charge in [-0.2, -0.15) is 0 Å². The van der Waals surface area contributed by atoms with Crippen LogP contribution in [0.5, 0.6) is 0 Å². The van der Waals surface area contributed by atoms with Crippen LogP contribution >= 0.6 is 0 Å². The predicted octanol–water partition coefficient (Wildman–Crippen LogP) is 0.973. The number of methoxy groups -OCH3 is 1. The molecule has 0 aromatic heterocycles. The molecule has 0 fully saturated rings. The Kier molecular flexibility index (Phi) is 6.54. The predicted molar refractivity (Wildman–Crippen MR) is 50.0 cm³/mol. The van der Waals surface area contributed by atoms with Crippen LogP contribution in [0.4, 0.5) is 0 Å². The van der Waals surface area contributed by atoms with Gasteiger partial charge in [-0.1, -0.05) is 20.8 Å². The van der Waals surface area contributed by atoms with Crippen molar-refractivity contribution in [2.75, 3.05) is 20.3 Å². The number of rotatable bonds is 6. The molecule has 13 heavy (non-hydrogen) atoms. The van der Waals surface area contributed by atoms with Gasteiger partial charge in [0.2, 0.25) is 0 Å². The molecule has 0 saturated heterocycles. The number of esters is 1. The van der Waals surface area contributed by atoms with E-state index in [2.05, 4.69) is 24.1 Å². The van der Waals surface area contributed by atoms with Crippen molar-refractivity contribution in [1.82, 2.24) is 5.48 Å². The van der Waals surface area contributed by atoms with Gasteiger partial charge < -0.3 is 9.57 Å². The van der Waals surface area contributed by atoms with E-state index < -0.39 is 0 Å². The highest BCUT2D eigenvalue weighted by Gasteiger charge is 2.11. The van der Waals surface area contributed by atoms with Crippen LogP contribution in [0.25, 0.3) is 0 Å². The molecule has 1 N–H and O–H groups in total. The van der Waals surface area contributed by atoms with Crippen LogP contribution in [0, 0.1) is 11.8 Å². The highest BCUT2D eigenvalue weighted by Crippen LogP contribution is 1.96. The van der Waals surface area contributed by atoms with Crippen molar-refractivity contribution in [3.05, 3.63) is 0 Å². The second-order valence-corrected chi connectivity index (χ2v) is 3.48. The first-order valence-corrected chi connectivity index (χ1v) is 4.50. The van der Waals surface area contributed by atoms with Gasteiger partial charge in [0.25, 0.3) is 0 Å². The molecule has 0 rings (SSSR count). The van der Waals surface area contributed by atoms with E-state index in [0.717, 1.165) is 0 Å². The summed E-state index contributed by atoms with van der Waals surface area (Å²) in [5, 5.41) is 0. The zero-order chi connectivity index (χ0) is 10.3. The van der Waals surface area contributed by atoms with Crippen molar-refractivity contribution in [2.24, 2.45) is 11.8 Å². The van der Waals surface area contributed by atoms with E-state index in [-0.39, 0.29) is 11.9 Å². The Labute approximate surface area is 79.6 Å². The lowest BCUT2D eigenvalue weighted by molar-refractivity contribution is -0.145. The van der Waals surface area contributed by atoms with Gasteiger partial charge in [-0.25, -0.2) is 5.48 Å². The molecule has 0 aromatic carbocycles. The van der Waals surface area contributed by atoms with E-state index >= 15 is 0 Å². The van der Waals surface area contributed by atoms with Crippen molar-refractivity contribution in [3.8, 4) is 0 Å². The minimum Gasteiger partial charge on any atom is -0.469 e. The molecule has 0 amide bonds. The molecule has 0 aliphatic rings. The van der Waals surface area contributed by atoms with Gasteiger partial charge >= 0.3 is 5.97 Å². The number of hydroxylamine groups is 1. The SMILES string of the molecule is COC(=O)C(C)CNOCC(C)C. The number of nitrogens with one attached hydrogen (secondary N) is 1. The fourth-order valence-electron chi connectivity index (χ4n) is 0.694. The highest BCUT2D eigenvalue weighted by atomic mass is 16.6.